The van der Waals surface area contributed by atoms with Gasteiger partial charge in [0.1, 0.15) is 17.8 Å². The number of hydrogen-bond acceptors (Lipinski definition) is 11. The first-order valence-corrected chi connectivity index (χ1v) is 15.3. The number of tetrazole rings is 1. The lowest BCUT2D eigenvalue weighted by atomic mass is 9.92. The first kappa shape index (κ1) is 30.8. The summed E-state index contributed by atoms with van der Waals surface area (Å²) in [5, 5.41) is 19.4. The zero-order valence-electron chi connectivity index (χ0n) is 25.1. The topological polar surface area (TPSA) is 142 Å². The van der Waals surface area contributed by atoms with Gasteiger partial charge in [0.05, 0.1) is 18.7 Å². The maximum atomic E-state index is 15.6. The Labute approximate surface area is 260 Å². The van der Waals surface area contributed by atoms with Crippen LogP contribution in [0.25, 0.3) is 0 Å². The molecular formula is C29H32F3N9O3S. The van der Waals surface area contributed by atoms with E-state index < -0.39 is 53.6 Å². The van der Waals surface area contributed by atoms with Crippen molar-refractivity contribution in [3.05, 3.63) is 68.8 Å². The number of carbonyl (C=O) groups excluding carboxylic acids is 2. The molecule has 238 valence electrons. The van der Waals surface area contributed by atoms with Crippen molar-refractivity contribution in [1.29, 1.82) is 0 Å². The van der Waals surface area contributed by atoms with Crippen molar-refractivity contribution < 1.29 is 27.5 Å². The van der Waals surface area contributed by atoms with Crippen LogP contribution in [0.3, 0.4) is 0 Å². The number of fused-ring (bicyclic) bond motifs is 1. The molecule has 0 saturated carbocycles. The number of nitrogens with zero attached hydrogens (tertiary/aromatic N) is 7. The summed E-state index contributed by atoms with van der Waals surface area (Å²) in [5.74, 6) is -6.05. The number of aromatic nitrogens is 5. The SMILES string of the molecule is CCOC(=O)C1=C(CN2CC(F)(F)[C@@H]3C(=O)N(CC(C)(C)c4nn[nH]n4)C[C@@H]32)NC(c2nccs2)=N[C@H]1c1cccc(F)c1C. The molecule has 2 saturated heterocycles. The van der Waals surface area contributed by atoms with Gasteiger partial charge in [0, 0.05) is 48.4 Å². The van der Waals surface area contributed by atoms with Gasteiger partial charge < -0.3 is 15.0 Å². The zero-order valence-corrected chi connectivity index (χ0v) is 25.9. The fourth-order valence-corrected chi connectivity index (χ4v) is 6.92. The molecule has 0 unspecified atom stereocenters. The van der Waals surface area contributed by atoms with Crippen LogP contribution in [0.4, 0.5) is 13.2 Å². The number of amides is 1. The highest BCUT2D eigenvalue weighted by Gasteiger charge is 2.63. The molecule has 1 amide bonds. The van der Waals surface area contributed by atoms with Crippen LogP contribution in [-0.2, 0) is 19.7 Å². The molecule has 0 bridgehead atoms. The van der Waals surface area contributed by atoms with E-state index in [2.05, 4.69) is 30.9 Å². The van der Waals surface area contributed by atoms with Gasteiger partial charge in [0.25, 0.3) is 5.92 Å². The Morgan fingerprint density at radius 3 is 2.78 bits per heavy atom. The standard InChI is InChI=1S/C29H32F3N9O3S/c1-5-44-26(43)20-18(34-23(24-33-9-10-45-24)35-22(20)16-7-6-8-17(30)15(16)2)11-40-14-29(31,32)21-19(40)12-41(25(21)42)13-28(3,4)27-36-38-39-37-27/h6-10,19,21-22H,5,11-14H2,1-4H3,(H,34,35)(H,36,37,38,39)/t19-,21-,22-/m0/s1. The van der Waals surface area contributed by atoms with Gasteiger partial charge in [-0.25, -0.2) is 22.9 Å². The average Bonchev–Trinajstić information content (AvgIpc) is 3.79. The second-order valence-corrected chi connectivity index (χ2v) is 12.9. The van der Waals surface area contributed by atoms with Gasteiger partial charge in [-0.1, -0.05) is 31.2 Å². The molecule has 0 radical (unpaired) electrons. The molecule has 3 aliphatic heterocycles. The molecular weight excluding hydrogens is 611 g/mol. The van der Waals surface area contributed by atoms with Gasteiger partial charge in [-0.2, -0.15) is 5.21 Å². The van der Waals surface area contributed by atoms with Crippen molar-refractivity contribution in [2.24, 2.45) is 10.9 Å². The molecule has 12 nitrogen and oxygen atoms in total. The second-order valence-electron chi connectivity index (χ2n) is 12.0. The Morgan fingerprint density at radius 1 is 1.29 bits per heavy atom. The zero-order chi connectivity index (χ0) is 32.1. The van der Waals surface area contributed by atoms with E-state index in [0.29, 0.717) is 27.8 Å². The van der Waals surface area contributed by atoms with E-state index in [1.54, 1.807) is 31.5 Å². The highest BCUT2D eigenvalue weighted by Crippen LogP contribution is 2.45. The number of likely N-dealkylation sites (tertiary alicyclic amines) is 2. The van der Waals surface area contributed by atoms with Crippen molar-refractivity contribution >= 4 is 29.0 Å². The summed E-state index contributed by atoms with van der Waals surface area (Å²) >= 11 is 1.30. The van der Waals surface area contributed by atoms with E-state index in [0.717, 1.165) is 0 Å². The first-order chi connectivity index (χ1) is 21.4. The fourth-order valence-electron chi connectivity index (χ4n) is 6.34. The van der Waals surface area contributed by atoms with Gasteiger partial charge in [-0.15, -0.1) is 21.5 Å². The van der Waals surface area contributed by atoms with Crippen LogP contribution in [0.15, 0.2) is 46.0 Å². The van der Waals surface area contributed by atoms with Crippen LogP contribution in [0.2, 0.25) is 0 Å². The largest absolute Gasteiger partial charge is 0.463 e. The number of rotatable bonds is 9. The molecule has 45 heavy (non-hydrogen) atoms. The van der Waals surface area contributed by atoms with Crippen LogP contribution in [0.1, 0.15) is 48.8 Å². The molecule has 2 fully saturated rings. The summed E-state index contributed by atoms with van der Waals surface area (Å²) in [6, 6.07) is 2.68. The second kappa shape index (κ2) is 11.6. The summed E-state index contributed by atoms with van der Waals surface area (Å²) in [4.78, 5) is 39.0. The number of aliphatic imine (C=N–C) groups is 1. The maximum absolute atomic E-state index is 15.6. The van der Waals surface area contributed by atoms with E-state index in [-0.39, 0.29) is 37.5 Å². The van der Waals surface area contributed by atoms with Gasteiger partial charge in [0.15, 0.2) is 16.7 Å². The highest BCUT2D eigenvalue weighted by atomic mass is 32.1. The van der Waals surface area contributed by atoms with E-state index in [4.69, 9.17) is 9.73 Å². The summed E-state index contributed by atoms with van der Waals surface area (Å²) in [6.45, 7) is 6.24. The van der Waals surface area contributed by atoms with Gasteiger partial charge in [-0.05, 0) is 31.0 Å². The normalized spacial score (nSPS) is 23.3. The van der Waals surface area contributed by atoms with Crippen molar-refractivity contribution in [3.8, 4) is 0 Å². The van der Waals surface area contributed by atoms with Crippen molar-refractivity contribution in [2.45, 2.75) is 51.1 Å². The number of nitrogens with one attached hydrogen (secondary N) is 2. The number of alkyl halides is 2. The lowest BCUT2D eigenvalue weighted by molar-refractivity contribution is -0.141. The summed E-state index contributed by atoms with van der Waals surface area (Å²) < 4.78 is 51.4. The Kier molecular flexibility index (Phi) is 7.97. The smallest absolute Gasteiger partial charge is 0.338 e. The molecule has 5 heterocycles. The minimum Gasteiger partial charge on any atom is -0.463 e. The van der Waals surface area contributed by atoms with Crippen LogP contribution in [-0.4, -0.2) is 97.9 Å². The third-order valence-electron chi connectivity index (χ3n) is 8.47. The van der Waals surface area contributed by atoms with E-state index in [1.165, 1.54) is 33.3 Å². The third kappa shape index (κ3) is 5.60. The van der Waals surface area contributed by atoms with Crippen LogP contribution < -0.4 is 5.32 Å². The Hall–Kier alpha value is -4.18. The van der Waals surface area contributed by atoms with Crippen molar-refractivity contribution in [2.75, 3.05) is 32.8 Å². The first-order valence-electron chi connectivity index (χ1n) is 14.5. The monoisotopic (exact) mass is 643 g/mol. The number of benzene rings is 1. The predicted molar refractivity (Wildman–Crippen MR) is 157 cm³/mol. The van der Waals surface area contributed by atoms with Crippen molar-refractivity contribution in [1.82, 2.24) is 40.7 Å². The summed E-state index contributed by atoms with van der Waals surface area (Å²) in [5.41, 5.74) is 0.332. The van der Waals surface area contributed by atoms with E-state index in [9.17, 15) is 14.0 Å². The van der Waals surface area contributed by atoms with Crippen LogP contribution >= 0.6 is 11.3 Å². The molecule has 2 aromatic heterocycles. The number of H-pyrrole nitrogens is 1. The molecule has 0 spiro atoms. The molecule has 2 N–H and O–H groups in total. The van der Waals surface area contributed by atoms with Crippen LogP contribution in [0, 0.1) is 18.7 Å². The Morgan fingerprint density at radius 2 is 2.09 bits per heavy atom. The molecule has 1 aromatic carbocycles. The molecule has 3 aromatic rings. The van der Waals surface area contributed by atoms with Crippen LogP contribution in [0.5, 0.6) is 0 Å². The Bertz CT molecular complexity index is 1660. The fraction of sp³-hybridized carbons (Fsp3) is 0.483. The number of esters is 1. The van der Waals surface area contributed by atoms with Gasteiger partial charge >= 0.3 is 5.97 Å². The van der Waals surface area contributed by atoms with Gasteiger partial charge in [-0.3, -0.25) is 14.7 Å². The lowest BCUT2D eigenvalue weighted by Crippen LogP contribution is -2.45. The molecule has 0 aliphatic carbocycles. The number of carbonyl (C=O) groups is 2. The number of amidine groups is 1. The highest BCUT2D eigenvalue weighted by molar-refractivity contribution is 7.11. The molecule has 6 rings (SSSR count). The number of hydrogen-bond donors (Lipinski definition) is 2. The predicted octanol–water partition coefficient (Wildman–Crippen LogP) is 2.77. The minimum absolute atomic E-state index is 0.0439. The average molecular weight is 644 g/mol. The Balaban J connectivity index is 1.38. The molecule has 3 aliphatic rings. The van der Waals surface area contributed by atoms with Gasteiger partial charge in [0.2, 0.25) is 5.91 Å². The number of aromatic amines is 1. The number of thiazole rings is 1. The quantitative estimate of drug-likeness (QED) is 0.337. The van der Waals surface area contributed by atoms with E-state index >= 15 is 8.78 Å². The molecule has 16 heteroatoms. The summed E-state index contributed by atoms with van der Waals surface area (Å²) in [6.07, 6.45) is 1.59. The van der Waals surface area contributed by atoms with Crippen molar-refractivity contribution in [3.63, 3.8) is 0 Å². The lowest BCUT2D eigenvalue weighted by Gasteiger charge is -2.32. The molecule has 3 atom stereocenters. The number of ether oxygens (including phenoxy) is 1. The minimum atomic E-state index is -3.32. The number of halogens is 3. The van der Waals surface area contributed by atoms with E-state index in [1.807, 2.05) is 13.8 Å². The third-order valence-corrected chi connectivity index (χ3v) is 9.25. The summed E-state index contributed by atoms with van der Waals surface area (Å²) in [7, 11) is 0. The maximum Gasteiger partial charge on any atom is 0.338 e.